The van der Waals surface area contributed by atoms with E-state index in [0.29, 0.717) is 60.9 Å². The molecule has 186 valence electrons. The van der Waals surface area contributed by atoms with Gasteiger partial charge in [0, 0.05) is 36.4 Å². The van der Waals surface area contributed by atoms with Crippen LogP contribution in [0.5, 0.6) is 17.2 Å². The van der Waals surface area contributed by atoms with E-state index in [2.05, 4.69) is 33.0 Å². The Morgan fingerprint density at radius 1 is 0.917 bits per heavy atom. The minimum absolute atomic E-state index is 0.166. The van der Waals surface area contributed by atoms with Gasteiger partial charge in [-0.15, -0.1) is 0 Å². The first-order chi connectivity index (χ1) is 17.6. The Morgan fingerprint density at radius 3 is 2.58 bits per heavy atom. The summed E-state index contributed by atoms with van der Waals surface area (Å²) in [4.78, 5) is 15.2. The summed E-state index contributed by atoms with van der Waals surface area (Å²) >= 11 is 6.25. The number of halogens is 1. The smallest absolute Gasteiger partial charge is 0.238 e. The maximum atomic E-state index is 13.2. The van der Waals surface area contributed by atoms with E-state index >= 15 is 0 Å². The van der Waals surface area contributed by atoms with Gasteiger partial charge >= 0.3 is 0 Å². The number of nitrogens with zero attached hydrogens (tertiary/aromatic N) is 2. The third-order valence-corrected chi connectivity index (χ3v) is 6.36. The van der Waals surface area contributed by atoms with Crippen molar-refractivity contribution in [1.29, 1.82) is 0 Å². The Labute approximate surface area is 215 Å². The molecule has 4 aromatic rings. The summed E-state index contributed by atoms with van der Waals surface area (Å²) in [7, 11) is 2.05. The zero-order valence-corrected chi connectivity index (χ0v) is 20.8. The van der Waals surface area contributed by atoms with E-state index < -0.39 is 0 Å². The number of hydrogen-bond donors (Lipinski definition) is 1. The van der Waals surface area contributed by atoms with Gasteiger partial charge in [0.1, 0.15) is 6.61 Å². The minimum atomic E-state index is -0.166. The maximum absolute atomic E-state index is 13.2. The molecular formula is C28H28ClN3O4. The molecule has 0 spiro atoms. The van der Waals surface area contributed by atoms with Crippen molar-refractivity contribution >= 4 is 34.1 Å². The molecule has 2 heterocycles. The zero-order valence-electron chi connectivity index (χ0n) is 20.1. The van der Waals surface area contributed by atoms with Crippen LogP contribution in [0.25, 0.3) is 10.9 Å². The second-order valence-electron chi connectivity index (χ2n) is 8.66. The number of anilines is 1. The highest BCUT2D eigenvalue weighted by atomic mass is 35.5. The zero-order chi connectivity index (χ0) is 24.9. The van der Waals surface area contributed by atoms with Crippen molar-refractivity contribution in [1.82, 2.24) is 9.47 Å². The standard InChI is InChI=1S/C28H28ClN3O4/c1-31-22(16-20-6-2-3-7-24(20)31)18-32-12-13-34-14-15-35-26-8-4-5-9-27(26)36-25-11-10-21(29)17-23(25)30-28(33)19-32/h2-11,16-17H,12-15,18-19H2,1H3,(H,30,33). The summed E-state index contributed by atoms with van der Waals surface area (Å²) in [5.74, 6) is 1.46. The summed E-state index contributed by atoms with van der Waals surface area (Å²) in [6.45, 7) is 2.65. The fourth-order valence-corrected chi connectivity index (χ4v) is 4.47. The lowest BCUT2D eigenvalue weighted by molar-refractivity contribution is -0.117. The number of aromatic nitrogens is 1. The molecule has 36 heavy (non-hydrogen) atoms. The highest BCUT2D eigenvalue weighted by Gasteiger charge is 2.18. The molecule has 0 aliphatic carbocycles. The Balaban J connectivity index is 1.40. The van der Waals surface area contributed by atoms with Crippen molar-refractivity contribution in [2.24, 2.45) is 7.05 Å². The van der Waals surface area contributed by atoms with E-state index in [4.69, 9.17) is 25.8 Å². The quantitative estimate of drug-likeness (QED) is 0.391. The Bertz CT molecular complexity index is 1370. The SMILES string of the molecule is Cn1c(CN2CCOCCOc3ccccc3Oc3ccc(Cl)cc3NC(=O)C2)cc2ccccc21. The van der Waals surface area contributed by atoms with Crippen LogP contribution in [-0.4, -0.2) is 48.3 Å². The van der Waals surface area contributed by atoms with Gasteiger partial charge < -0.3 is 24.1 Å². The molecule has 8 heteroatoms. The van der Waals surface area contributed by atoms with Gasteiger partial charge in [-0.1, -0.05) is 41.9 Å². The topological polar surface area (TPSA) is 65.0 Å². The van der Waals surface area contributed by atoms with Crippen molar-refractivity contribution in [2.75, 3.05) is 38.2 Å². The number of rotatable bonds is 2. The van der Waals surface area contributed by atoms with Gasteiger partial charge in [0.15, 0.2) is 17.2 Å². The molecule has 1 N–H and O–H groups in total. The normalized spacial score (nSPS) is 15.6. The molecule has 1 aliphatic rings. The van der Waals surface area contributed by atoms with E-state index in [1.54, 1.807) is 18.2 Å². The number of benzene rings is 3. The number of nitrogens with one attached hydrogen (secondary N) is 1. The number of para-hydroxylation sites is 3. The highest BCUT2D eigenvalue weighted by molar-refractivity contribution is 6.31. The molecule has 1 aliphatic heterocycles. The lowest BCUT2D eigenvalue weighted by atomic mass is 10.2. The second-order valence-corrected chi connectivity index (χ2v) is 9.10. The molecule has 3 aromatic carbocycles. The van der Waals surface area contributed by atoms with E-state index in [1.807, 2.05) is 43.4 Å². The van der Waals surface area contributed by atoms with Crippen LogP contribution in [0.1, 0.15) is 5.69 Å². The Morgan fingerprint density at radius 2 is 1.72 bits per heavy atom. The molecule has 7 nitrogen and oxygen atoms in total. The van der Waals surface area contributed by atoms with Crippen LogP contribution in [0.3, 0.4) is 0 Å². The third-order valence-electron chi connectivity index (χ3n) is 6.13. The fourth-order valence-electron chi connectivity index (χ4n) is 4.30. The van der Waals surface area contributed by atoms with Gasteiger partial charge in [-0.2, -0.15) is 0 Å². The first-order valence-corrected chi connectivity index (χ1v) is 12.3. The molecule has 5 rings (SSSR count). The van der Waals surface area contributed by atoms with Gasteiger partial charge in [-0.25, -0.2) is 0 Å². The molecule has 1 aromatic heterocycles. The molecule has 0 fully saturated rings. The van der Waals surface area contributed by atoms with Crippen molar-refractivity contribution in [2.45, 2.75) is 6.54 Å². The molecular weight excluding hydrogens is 478 g/mol. The molecule has 0 saturated carbocycles. The number of ether oxygens (including phenoxy) is 3. The lowest BCUT2D eigenvalue weighted by Crippen LogP contribution is -2.36. The third kappa shape index (κ3) is 5.65. The van der Waals surface area contributed by atoms with Gasteiger partial charge in [0.2, 0.25) is 5.91 Å². The van der Waals surface area contributed by atoms with E-state index in [9.17, 15) is 4.79 Å². The molecule has 0 atom stereocenters. The first-order valence-electron chi connectivity index (χ1n) is 11.9. The van der Waals surface area contributed by atoms with Gasteiger partial charge in [0.05, 0.1) is 25.4 Å². The van der Waals surface area contributed by atoms with Crippen LogP contribution in [0, 0.1) is 0 Å². The number of amides is 1. The predicted octanol–water partition coefficient (Wildman–Crippen LogP) is 5.47. The molecule has 1 amide bonds. The highest BCUT2D eigenvalue weighted by Crippen LogP contribution is 2.36. The molecule has 0 unspecified atom stereocenters. The summed E-state index contributed by atoms with van der Waals surface area (Å²) in [5.41, 5.74) is 2.77. The Kier molecular flexibility index (Phi) is 7.41. The van der Waals surface area contributed by atoms with E-state index in [-0.39, 0.29) is 12.5 Å². The number of hydrogen-bond acceptors (Lipinski definition) is 5. The summed E-state index contributed by atoms with van der Waals surface area (Å²) in [6.07, 6.45) is 0. The largest absolute Gasteiger partial charge is 0.487 e. The molecule has 0 bridgehead atoms. The minimum Gasteiger partial charge on any atom is -0.487 e. The molecule has 0 saturated heterocycles. The predicted molar refractivity (Wildman–Crippen MR) is 141 cm³/mol. The van der Waals surface area contributed by atoms with Crippen LogP contribution in [0.15, 0.2) is 72.8 Å². The van der Waals surface area contributed by atoms with Crippen LogP contribution in [0.4, 0.5) is 5.69 Å². The monoisotopic (exact) mass is 505 g/mol. The number of fused-ring (bicyclic) bond motifs is 3. The lowest BCUT2D eigenvalue weighted by Gasteiger charge is -2.22. The molecule has 0 radical (unpaired) electrons. The van der Waals surface area contributed by atoms with Gasteiger partial charge in [-0.3, -0.25) is 9.69 Å². The van der Waals surface area contributed by atoms with Crippen molar-refractivity contribution in [3.63, 3.8) is 0 Å². The summed E-state index contributed by atoms with van der Waals surface area (Å²) < 4.78 is 20.0. The summed E-state index contributed by atoms with van der Waals surface area (Å²) in [5, 5.41) is 4.65. The second kappa shape index (κ2) is 11.0. The Hall–Kier alpha value is -3.52. The summed E-state index contributed by atoms with van der Waals surface area (Å²) in [6, 6.07) is 23.0. The fraction of sp³-hybridized carbons (Fsp3) is 0.250. The number of carbonyl (C=O) groups excluding carboxylic acids is 1. The average Bonchev–Trinajstić information content (AvgIpc) is 3.18. The van der Waals surface area contributed by atoms with Crippen molar-refractivity contribution < 1.29 is 19.0 Å². The number of carbonyl (C=O) groups is 1. The van der Waals surface area contributed by atoms with Crippen LogP contribution in [-0.2, 0) is 23.1 Å². The van der Waals surface area contributed by atoms with Crippen LogP contribution >= 0.6 is 11.6 Å². The van der Waals surface area contributed by atoms with Crippen molar-refractivity contribution in [3.8, 4) is 17.2 Å². The van der Waals surface area contributed by atoms with Gasteiger partial charge in [0.25, 0.3) is 0 Å². The first kappa shape index (κ1) is 24.2. The van der Waals surface area contributed by atoms with Crippen molar-refractivity contribution in [3.05, 3.63) is 83.5 Å². The van der Waals surface area contributed by atoms with Crippen LogP contribution < -0.4 is 14.8 Å². The van der Waals surface area contributed by atoms with E-state index in [1.165, 1.54) is 5.39 Å². The van der Waals surface area contributed by atoms with E-state index in [0.717, 1.165) is 11.2 Å². The average molecular weight is 506 g/mol. The van der Waals surface area contributed by atoms with Gasteiger partial charge in [-0.05, 0) is 47.9 Å². The number of aryl methyl sites for hydroxylation is 1. The van der Waals surface area contributed by atoms with Crippen LogP contribution in [0.2, 0.25) is 5.02 Å². The maximum Gasteiger partial charge on any atom is 0.238 e.